The molecule has 5 heteroatoms. The summed E-state index contributed by atoms with van der Waals surface area (Å²) in [6.07, 6.45) is 4.32. The molecule has 22 heavy (non-hydrogen) atoms. The van der Waals surface area contributed by atoms with Crippen molar-refractivity contribution in [3.8, 4) is 0 Å². The van der Waals surface area contributed by atoms with Gasteiger partial charge in [0.25, 0.3) is 0 Å². The molecule has 1 amide bonds. The maximum Gasteiger partial charge on any atom is 0.329 e. The molecule has 0 aliphatic heterocycles. The van der Waals surface area contributed by atoms with Crippen molar-refractivity contribution in [3.63, 3.8) is 0 Å². The minimum Gasteiger partial charge on any atom is -0.480 e. The number of thiol groups is 1. The first kappa shape index (κ1) is 16.9. The largest absolute Gasteiger partial charge is 0.480 e. The number of benzene rings is 1. The Morgan fingerprint density at radius 2 is 1.82 bits per heavy atom. The highest BCUT2D eigenvalue weighted by Gasteiger charge is 2.41. The highest BCUT2D eigenvalue weighted by Crippen LogP contribution is 2.29. The van der Waals surface area contributed by atoms with Gasteiger partial charge < -0.3 is 10.4 Å². The van der Waals surface area contributed by atoms with Crippen LogP contribution in [0.3, 0.4) is 0 Å². The Labute approximate surface area is 136 Å². The van der Waals surface area contributed by atoms with Crippen molar-refractivity contribution < 1.29 is 14.7 Å². The minimum atomic E-state index is -1.09. The zero-order chi connectivity index (χ0) is 16.0. The van der Waals surface area contributed by atoms with Gasteiger partial charge in [-0.1, -0.05) is 49.6 Å². The Balaban J connectivity index is 2.06. The van der Waals surface area contributed by atoms with E-state index in [0.29, 0.717) is 25.0 Å². The van der Waals surface area contributed by atoms with E-state index in [-0.39, 0.29) is 11.8 Å². The van der Waals surface area contributed by atoms with E-state index in [9.17, 15) is 14.7 Å². The fourth-order valence-corrected chi connectivity index (χ4v) is 3.32. The number of rotatable bonds is 6. The molecule has 0 bridgehead atoms. The van der Waals surface area contributed by atoms with Crippen LogP contribution in [0.1, 0.15) is 37.7 Å². The molecule has 1 fully saturated rings. The summed E-state index contributed by atoms with van der Waals surface area (Å²) in [5.74, 6) is -1.04. The van der Waals surface area contributed by atoms with E-state index < -0.39 is 11.5 Å². The maximum atomic E-state index is 12.5. The molecule has 0 aromatic heterocycles. The summed E-state index contributed by atoms with van der Waals surface area (Å²) >= 11 is 4.27. The molecule has 4 nitrogen and oxygen atoms in total. The van der Waals surface area contributed by atoms with E-state index in [1.54, 1.807) is 0 Å². The van der Waals surface area contributed by atoms with Crippen LogP contribution in [0.2, 0.25) is 0 Å². The molecule has 1 unspecified atom stereocenters. The molecular weight excluding hydrogens is 298 g/mol. The molecule has 0 radical (unpaired) electrons. The van der Waals surface area contributed by atoms with Gasteiger partial charge in [0.1, 0.15) is 5.54 Å². The molecule has 0 saturated heterocycles. The van der Waals surface area contributed by atoms with Crippen molar-refractivity contribution in [2.75, 3.05) is 5.75 Å². The first-order valence-corrected chi connectivity index (χ1v) is 8.41. The molecule has 2 rings (SSSR count). The van der Waals surface area contributed by atoms with Gasteiger partial charge in [-0.15, -0.1) is 0 Å². The van der Waals surface area contributed by atoms with Crippen molar-refractivity contribution in [1.29, 1.82) is 0 Å². The molecule has 1 aliphatic rings. The lowest BCUT2D eigenvalue weighted by atomic mass is 9.81. The third-order valence-electron chi connectivity index (χ3n) is 4.40. The van der Waals surface area contributed by atoms with Gasteiger partial charge in [0.15, 0.2) is 0 Å². The normalized spacial score (nSPS) is 18.4. The summed E-state index contributed by atoms with van der Waals surface area (Å²) in [4.78, 5) is 24.2. The lowest BCUT2D eigenvalue weighted by Gasteiger charge is -2.35. The van der Waals surface area contributed by atoms with Gasteiger partial charge in [0.05, 0.1) is 5.92 Å². The lowest BCUT2D eigenvalue weighted by Crippen LogP contribution is -2.57. The standard InChI is InChI=1S/C17H23NO3S/c19-15(14(12-22)11-13-7-3-1-4-8-13)18-17(16(20)21)9-5-2-6-10-17/h1,3-4,7-8,14,22H,2,5-6,9-12H2,(H,18,19)(H,20,21). The number of hydrogen-bond donors (Lipinski definition) is 3. The fraction of sp³-hybridized carbons (Fsp3) is 0.529. The molecule has 1 aromatic carbocycles. The number of aliphatic carboxylic acids is 1. The summed E-state index contributed by atoms with van der Waals surface area (Å²) < 4.78 is 0. The minimum absolute atomic E-state index is 0.205. The second kappa shape index (κ2) is 7.68. The third kappa shape index (κ3) is 4.03. The van der Waals surface area contributed by atoms with Gasteiger partial charge in [-0.25, -0.2) is 4.79 Å². The quantitative estimate of drug-likeness (QED) is 0.706. The Kier molecular flexibility index (Phi) is 5.89. The highest BCUT2D eigenvalue weighted by molar-refractivity contribution is 7.80. The molecule has 1 saturated carbocycles. The van der Waals surface area contributed by atoms with Gasteiger partial charge in [-0.2, -0.15) is 12.6 Å². The van der Waals surface area contributed by atoms with Crippen LogP contribution in [0.25, 0.3) is 0 Å². The smallest absolute Gasteiger partial charge is 0.329 e. The zero-order valence-corrected chi connectivity index (χ0v) is 13.5. The lowest BCUT2D eigenvalue weighted by molar-refractivity contribution is -0.149. The Hall–Kier alpha value is -1.49. The van der Waals surface area contributed by atoms with Crippen LogP contribution in [-0.4, -0.2) is 28.3 Å². The number of carboxylic acid groups (broad SMARTS) is 1. The van der Waals surface area contributed by atoms with E-state index in [2.05, 4.69) is 17.9 Å². The van der Waals surface area contributed by atoms with Crippen LogP contribution in [0, 0.1) is 5.92 Å². The van der Waals surface area contributed by atoms with Crippen LogP contribution in [-0.2, 0) is 16.0 Å². The first-order valence-electron chi connectivity index (χ1n) is 7.77. The zero-order valence-electron chi connectivity index (χ0n) is 12.6. The predicted octanol–water partition coefficient (Wildman–Crippen LogP) is 2.68. The van der Waals surface area contributed by atoms with Crippen LogP contribution in [0.15, 0.2) is 30.3 Å². The predicted molar refractivity (Wildman–Crippen MR) is 89.1 cm³/mol. The maximum absolute atomic E-state index is 12.5. The van der Waals surface area contributed by atoms with E-state index in [0.717, 1.165) is 24.8 Å². The van der Waals surface area contributed by atoms with Crippen molar-refractivity contribution in [1.82, 2.24) is 5.32 Å². The Morgan fingerprint density at radius 3 is 2.36 bits per heavy atom. The Bertz CT molecular complexity index is 512. The summed E-state index contributed by atoms with van der Waals surface area (Å²) in [7, 11) is 0. The topological polar surface area (TPSA) is 66.4 Å². The molecule has 120 valence electrons. The average molecular weight is 321 g/mol. The van der Waals surface area contributed by atoms with Crippen molar-refractivity contribution in [3.05, 3.63) is 35.9 Å². The number of hydrogen-bond acceptors (Lipinski definition) is 3. The summed E-state index contributed by atoms with van der Waals surface area (Å²) in [6.45, 7) is 0. The first-order chi connectivity index (χ1) is 10.6. The van der Waals surface area contributed by atoms with Gasteiger partial charge in [0, 0.05) is 5.75 Å². The van der Waals surface area contributed by atoms with E-state index in [1.165, 1.54) is 0 Å². The highest BCUT2D eigenvalue weighted by atomic mass is 32.1. The monoisotopic (exact) mass is 321 g/mol. The molecule has 1 aliphatic carbocycles. The number of carboxylic acids is 1. The van der Waals surface area contributed by atoms with Crippen LogP contribution in [0.4, 0.5) is 0 Å². The van der Waals surface area contributed by atoms with Crippen LogP contribution in [0.5, 0.6) is 0 Å². The second-order valence-corrected chi connectivity index (χ2v) is 6.37. The number of carbonyl (C=O) groups is 2. The molecular formula is C17H23NO3S. The average Bonchev–Trinajstić information content (AvgIpc) is 2.54. The number of amides is 1. The molecule has 1 atom stereocenters. The van der Waals surface area contributed by atoms with E-state index in [4.69, 9.17) is 0 Å². The summed E-state index contributed by atoms with van der Waals surface area (Å²) in [5, 5.41) is 12.4. The number of carbonyl (C=O) groups excluding carboxylic acids is 1. The number of nitrogens with one attached hydrogen (secondary N) is 1. The van der Waals surface area contributed by atoms with Gasteiger partial charge in [0.2, 0.25) is 5.91 Å². The van der Waals surface area contributed by atoms with Gasteiger partial charge in [-0.3, -0.25) is 4.79 Å². The molecule has 1 aromatic rings. The summed E-state index contributed by atoms with van der Waals surface area (Å²) in [5.41, 5.74) is -0.0301. The van der Waals surface area contributed by atoms with Gasteiger partial charge >= 0.3 is 5.97 Å². The molecule has 0 spiro atoms. The molecule has 2 N–H and O–H groups in total. The van der Waals surface area contributed by atoms with E-state index >= 15 is 0 Å². The van der Waals surface area contributed by atoms with E-state index in [1.807, 2.05) is 30.3 Å². The van der Waals surface area contributed by atoms with Crippen molar-refractivity contribution >= 4 is 24.5 Å². The second-order valence-electron chi connectivity index (χ2n) is 6.01. The van der Waals surface area contributed by atoms with Gasteiger partial charge in [-0.05, 0) is 24.8 Å². The molecule has 0 heterocycles. The fourth-order valence-electron chi connectivity index (χ4n) is 3.02. The van der Waals surface area contributed by atoms with Crippen LogP contribution < -0.4 is 5.32 Å². The third-order valence-corrected chi connectivity index (χ3v) is 4.84. The van der Waals surface area contributed by atoms with Crippen molar-refractivity contribution in [2.45, 2.75) is 44.1 Å². The SMILES string of the molecule is O=C(NC1(C(=O)O)CCCCC1)C(CS)Cc1ccccc1. The van der Waals surface area contributed by atoms with Crippen molar-refractivity contribution in [2.24, 2.45) is 5.92 Å². The summed E-state index contributed by atoms with van der Waals surface area (Å²) in [6, 6.07) is 9.74. The Morgan fingerprint density at radius 1 is 1.18 bits per heavy atom. The van der Waals surface area contributed by atoms with Crippen LogP contribution >= 0.6 is 12.6 Å².